The summed E-state index contributed by atoms with van der Waals surface area (Å²) >= 11 is 0. The van der Waals surface area contributed by atoms with Crippen molar-refractivity contribution >= 4 is 0 Å². The molecule has 0 spiro atoms. The van der Waals surface area contributed by atoms with Crippen molar-refractivity contribution in [1.29, 1.82) is 0 Å². The van der Waals surface area contributed by atoms with Gasteiger partial charge in [-0.3, -0.25) is 0 Å². The molecule has 0 saturated heterocycles. The Kier molecular flexibility index (Phi) is 19.7. The fourth-order valence-corrected chi connectivity index (χ4v) is 4.06. The Morgan fingerprint density at radius 1 is 0.577 bits per heavy atom. The Balaban J connectivity index is 4.28. The highest BCUT2D eigenvalue weighted by molar-refractivity contribution is 4.72. The standard InChI is InChI=1S/C25H53N/c1-6-10-13-15-16-17-19-22-26(23-25(9-4)21-12-8-3)24(5)20-18-14-11-7-2/h24-25H,6-23H2,1-5H3. The molecule has 158 valence electrons. The van der Waals surface area contributed by atoms with Gasteiger partial charge in [-0.05, 0) is 38.6 Å². The van der Waals surface area contributed by atoms with Crippen LogP contribution in [0.2, 0.25) is 0 Å². The molecule has 0 N–H and O–H groups in total. The molecule has 0 amide bonds. The molecular formula is C25H53N. The molecule has 26 heavy (non-hydrogen) atoms. The van der Waals surface area contributed by atoms with Gasteiger partial charge in [0.2, 0.25) is 0 Å². The molecule has 2 unspecified atom stereocenters. The van der Waals surface area contributed by atoms with Gasteiger partial charge in [-0.1, -0.05) is 111 Å². The van der Waals surface area contributed by atoms with Gasteiger partial charge in [0.25, 0.3) is 0 Å². The molecule has 0 heterocycles. The lowest BCUT2D eigenvalue weighted by Crippen LogP contribution is -2.38. The molecule has 0 aliphatic carbocycles. The van der Waals surface area contributed by atoms with Gasteiger partial charge < -0.3 is 4.90 Å². The van der Waals surface area contributed by atoms with Crippen molar-refractivity contribution < 1.29 is 0 Å². The third kappa shape index (κ3) is 15.1. The molecule has 0 aromatic heterocycles. The van der Waals surface area contributed by atoms with Crippen LogP contribution in [-0.2, 0) is 0 Å². The van der Waals surface area contributed by atoms with Crippen LogP contribution in [0, 0.1) is 5.92 Å². The summed E-state index contributed by atoms with van der Waals surface area (Å²) in [6.45, 7) is 14.5. The van der Waals surface area contributed by atoms with E-state index in [0.717, 1.165) is 12.0 Å². The molecular weight excluding hydrogens is 314 g/mol. The summed E-state index contributed by atoms with van der Waals surface area (Å²) in [6, 6.07) is 0.780. The minimum Gasteiger partial charge on any atom is -0.300 e. The molecule has 0 aliphatic heterocycles. The van der Waals surface area contributed by atoms with Gasteiger partial charge in [0.05, 0.1) is 0 Å². The lowest BCUT2D eigenvalue weighted by molar-refractivity contribution is 0.156. The van der Waals surface area contributed by atoms with Crippen molar-refractivity contribution in [1.82, 2.24) is 4.90 Å². The fourth-order valence-electron chi connectivity index (χ4n) is 4.06. The Bertz CT molecular complexity index is 263. The van der Waals surface area contributed by atoms with E-state index in [0.29, 0.717) is 0 Å². The van der Waals surface area contributed by atoms with Gasteiger partial charge in [0.1, 0.15) is 0 Å². The number of hydrogen-bond donors (Lipinski definition) is 0. The predicted octanol–water partition coefficient (Wildman–Crippen LogP) is 8.61. The van der Waals surface area contributed by atoms with Crippen LogP contribution in [0.3, 0.4) is 0 Å². The average molecular weight is 368 g/mol. The molecule has 1 nitrogen and oxygen atoms in total. The average Bonchev–Trinajstić information content (AvgIpc) is 2.66. The van der Waals surface area contributed by atoms with Crippen molar-refractivity contribution in [2.24, 2.45) is 5.92 Å². The van der Waals surface area contributed by atoms with E-state index in [1.807, 2.05) is 0 Å². The molecule has 0 saturated carbocycles. The lowest BCUT2D eigenvalue weighted by atomic mass is 9.97. The first-order chi connectivity index (χ1) is 12.7. The summed E-state index contributed by atoms with van der Waals surface area (Å²) in [4.78, 5) is 2.86. The molecule has 0 rings (SSSR count). The van der Waals surface area contributed by atoms with Gasteiger partial charge in [-0.25, -0.2) is 0 Å². The molecule has 0 aromatic carbocycles. The van der Waals surface area contributed by atoms with Gasteiger partial charge in [-0.2, -0.15) is 0 Å². The third-order valence-corrected chi connectivity index (χ3v) is 6.18. The first-order valence-electron chi connectivity index (χ1n) is 12.4. The molecule has 0 fully saturated rings. The molecule has 0 bridgehead atoms. The van der Waals surface area contributed by atoms with Gasteiger partial charge in [0, 0.05) is 12.6 Å². The van der Waals surface area contributed by atoms with E-state index in [1.165, 1.54) is 116 Å². The van der Waals surface area contributed by atoms with E-state index in [4.69, 9.17) is 0 Å². The molecule has 0 radical (unpaired) electrons. The minimum absolute atomic E-state index is 0.780. The maximum absolute atomic E-state index is 2.86. The molecule has 0 aromatic rings. The van der Waals surface area contributed by atoms with Crippen LogP contribution < -0.4 is 0 Å². The Hall–Kier alpha value is -0.0400. The van der Waals surface area contributed by atoms with Crippen LogP contribution in [0.15, 0.2) is 0 Å². The second-order valence-corrected chi connectivity index (χ2v) is 8.73. The summed E-state index contributed by atoms with van der Waals surface area (Å²) in [6.07, 6.45) is 22.6. The highest BCUT2D eigenvalue weighted by Crippen LogP contribution is 2.19. The zero-order valence-electron chi connectivity index (χ0n) is 19.3. The van der Waals surface area contributed by atoms with E-state index in [2.05, 4.69) is 39.5 Å². The molecule has 1 heteroatoms. The second-order valence-electron chi connectivity index (χ2n) is 8.73. The number of nitrogens with zero attached hydrogens (tertiary/aromatic N) is 1. The monoisotopic (exact) mass is 367 g/mol. The summed E-state index contributed by atoms with van der Waals surface area (Å²) in [5.41, 5.74) is 0. The van der Waals surface area contributed by atoms with Crippen LogP contribution in [0.25, 0.3) is 0 Å². The number of unbranched alkanes of at least 4 members (excludes halogenated alkanes) is 10. The maximum Gasteiger partial charge on any atom is 0.00670 e. The van der Waals surface area contributed by atoms with Crippen LogP contribution >= 0.6 is 0 Å². The summed E-state index contributed by atoms with van der Waals surface area (Å²) in [7, 11) is 0. The third-order valence-electron chi connectivity index (χ3n) is 6.18. The fraction of sp³-hybridized carbons (Fsp3) is 1.00. The smallest absolute Gasteiger partial charge is 0.00670 e. The lowest BCUT2D eigenvalue weighted by Gasteiger charge is -2.32. The zero-order valence-corrected chi connectivity index (χ0v) is 19.3. The predicted molar refractivity (Wildman–Crippen MR) is 121 cm³/mol. The molecule has 0 aliphatic rings. The Labute approximate surface area is 167 Å². The maximum atomic E-state index is 2.86. The summed E-state index contributed by atoms with van der Waals surface area (Å²) in [5, 5.41) is 0. The summed E-state index contributed by atoms with van der Waals surface area (Å²) in [5.74, 6) is 0.914. The van der Waals surface area contributed by atoms with Crippen molar-refractivity contribution in [3.05, 3.63) is 0 Å². The largest absolute Gasteiger partial charge is 0.300 e. The van der Waals surface area contributed by atoms with Crippen LogP contribution in [0.1, 0.15) is 137 Å². The second kappa shape index (κ2) is 19.7. The van der Waals surface area contributed by atoms with Crippen molar-refractivity contribution in [2.45, 2.75) is 143 Å². The number of hydrogen-bond acceptors (Lipinski definition) is 1. The number of rotatable bonds is 20. The highest BCUT2D eigenvalue weighted by Gasteiger charge is 2.17. The van der Waals surface area contributed by atoms with E-state index in [9.17, 15) is 0 Å². The Morgan fingerprint density at radius 2 is 1.12 bits per heavy atom. The topological polar surface area (TPSA) is 3.24 Å². The first kappa shape index (κ1) is 26.0. The van der Waals surface area contributed by atoms with E-state index >= 15 is 0 Å². The summed E-state index contributed by atoms with van der Waals surface area (Å²) < 4.78 is 0. The zero-order chi connectivity index (χ0) is 19.5. The van der Waals surface area contributed by atoms with Crippen molar-refractivity contribution in [3.8, 4) is 0 Å². The van der Waals surface area contributed by atoms with E-state index in [-0.39, 0.29) is 0 Å². The van der Waals surface area contributed by atoms with Gasteiger partial charge >= 0.3 is 0 Å². The minimum atomic E-state index is 0.780. The van der Waals surface area contributed by atoms with E-state index in [1.54, 1.807) is 0 Å². The van der Waals surface area contributed by atoms with Crippen LogP contribution in [-0.4, -0.2) is 24.0 Å². The first-order valence-corrected chi connectivity index (χ1v) is 12.4. The van der Waals surface area contributed by atoms with Crippen LogP contribution in [0.4, 0.5) is 0 Å². The SMILES string of the molecule is CCCCCCCCCN(CC(CC)CCCC)C(C)CCCCCC. The Morgan fingerprint density at radius 3 is 1.69 bits per heavy atom. The highest BCUT2D eigenvalue weighted by atomic mass is 15.1. The quantitative estimate of drug-likeness (QED) is 0.195. The van der Waals surface area contributed by atoms with E-state index < -0.39 is 0 Å². The van der Waals surface area contributed by atoms with Gasteiger partial charge in [-0.15, -0.1) is 0 Å². The van der Waals surface area contributed by atoms with Crippen LogP contribution in [0.5, 0.6) is 0 Å². The van der Waals surface area contributed by atoms with Crippen molar-refractivity contribution in [2.75, 3.05) is 13.1 Å². The van der Waals surface area contributed by atoms with Crippen molar-refractivity contribution in [3.63, 3.8) is 0 Å². The van der Waals surface area contributed by atoms with Gasteiger partial charge in [0.15, 0.2) is 0 Å². The molecule has 2 atom stereocenters. The normalized spacial score (nSPS) is 14.1.